The lowest BCUT2D eigenvalue weighted by Gasteiger charge is -2.19. The molecule has 0 atom stereocenters. The van der Waals surface area contributed by atoms with E-state index in [4.69, 9.17) is 0 Å². The van der Waals surface area contributed by atoms with E-state index < -0.39 is 17.6 Å². The second-order valence-corrected chi connectivity index (χ2v) is 7.15. The zero-order valence-corrected chi connectivity index (χ0v) is 14.7. The van der Waals surface area contributed by atoms with Crippen LogP contribution in [0.2, 0.25) is 0 Å². The molecule has 0 saturated carbocycles. The molecular formula is C20H23F4N. The third-order valence-corrected chi connectivity index (χ3v) is 4.10. The van der Waals surface area contributed by atoms with E-state index >= 15 is 0 Å². The lowest BCUT2D eigenvalue weighted by molar-refractivity contribution is -0.140. The lowest BCUT2D eigenvalue weighted by atomic mass is 9.87. The monoisotopic (exact) mass is 353 g/mol. The molecule has 0 amide bonds. The van der Waals surface area contributed by atoms with Crippen molar-refractivity contribution in [1.82, 2.24) is 5.32 Å². The van der Waals surface area contributed by atoms with Crippen molar-refractivity contribution in [3.05, 3.63) is 70.5 Å². The first-order valence-electron chi connectivity index (χ1n) is 8.24. The summed E-state index contributed by atoms with van der Waals surface area (Å²) in [6.07, 6.45) is -4.46. The molecule has 2 aromatic rings. The number of hydrogen-bond acceptors (Lipinski definition) is 1. The molecule has 0 heterocycles. The molecule has 0 aromatic heterocycles. The molecule has 5 heteroatoms. The first kappa shape index (κ1) is 19.4. The number of benzene rings is 2. The topological polar surface area (TPSA) is 12.0 Å². The zero-order valence-electron chi connectivity index (χ0n) is 14.7. The summed E-state index contributed by atoms with van der Waals surface area (Å²) < 4.78 is 52.0. The fraction of sp³-hybridized carbons (Fsp3) is 0.400. The normalized spacial score (nSPS) is 12.4. The van der Waals surface area contributed by atoms with Gasteiger partial charge in [0, 0.05) is 6.54 Å². The molecule has 0 bridgehead atoms. The highest BCUT2D eigenvalue weighted by atomic mass is 19.4. The van der Waals surface area contributed by atoms with E-state index in [0.29, 0.717) is 13.1 Å². The van der Waals surface area contributed by atoms with E-state index in [1.54, 1.807) is 0 Å². The number of rotatable bonds is 5. The van der Waals surface area contributed by atoms with Crippen LogP contribution in [0.5, 0.6) is 0 Å². The van der Waals surface area contributed by atoms with Crippen LogP contribution in [-0.2, 0) is 24.6 Å². The van der Waals surface area contributed by atoms with E-state index in [1.807, 2.05) is 12.1 Å². The highest BCUT2D eigenvalue weighted by Crippen LogP contribution is 2.32. The fourth-order valence-electron chi connectivity index (χ4n) is 2.57. The van der Waals surface area contributed by atoms with Crippen molar-refractivity contribution in [3.63, 3.8) is 0 Å². The van der Waals surface area contributed by atoms with Crippen molar-refractivity contribution >= 4 is 0 Å². The summed E-state index contributed by atoms with van der Waals surface area (Å²) in [7, 11) is 0. The average molecular weight is 353 g/mol. The number of hydrogen-bond donors (Lipinski definition) is 1. The summed E-state index contributed by atoms with van der Waals surface area (Å²) in [5.74, 6) is -1.17. The molecule has 136 valence electrons. The van der Waals surface area contributed by atoms with Crippen LogP contribution >= 0.6 is 0 Å². The van der Waals surface area contributed by atoms with E-state index in [0.717, 1.165) is 11.6 Å². The second kappa shape index (κ2) is 7.56. The molecular weight excluding hydrogens is 330 g/mol. The number of halogens is 4. The van der Waals surface area contributed by atoms with Gasteiger partial charge >= 0.3 is 6.18 Å². The van der Waals surface area contributed by atoms with Crippen LogP contribution in [-0.4, -0.2) is 6.54 Å². The predicted molar refractivity (Wildman–Crippen MR) is 92.0 cm³/mol. The first-order chi connectivity index (χ1) is 11.6. The van der Waals surface area contributed by atoms with Gasteiger partial charge in [0.1, 0.15) is 5.82 Å². The van der Waals surface area contributed by atoms with Gasteiger partial charge in [-0.15, -0.1) is 0 Å². The molecule has 2 aromatic carbocycles. The molecule has 1 N–H and O–H groups in total. The Kier molecular flexibility index (Phi) is 5.88. The van der Waals surface area contributed by atoms with Crippen molar-refractivity contribution < 1.29 is 17.6 Å². The maximum atomic E-state index is 13.9. The van der Waals surface area contributed by atoms with Gasteiger partial charge in [0.05, 0.1) is 5.56 Å². The fourth-order valence-corrected chi connectivity index (χ4v) is 2.57. The molecule has 1 nitrogen and oxygen atoms in total. The maximum absolute atomic E-state index is 13.9. The standard InChI is InChI=1S/C20H23F4N/c1-19(2,3)16-9-7-14(8-10-16)13-25-12-11-15-5-4-6-17(18(15)21)20(22,23)24/h4-10,25H,11-13H2,1-3H3. The highest BCUT2D eigenvalue weighted by molar-refractivity contribution is 5.29. The SMILES string of the molecule is CC(C)(C)c1ccc(CNCCc2cccc(C(F)(F)F)c2F)cc1. The molecule has 0 aliphatic carbocycles. The van der Waals surface area contributed by atoms with Crippen molar-refractivity contribution in [2.45, 2.75) is 45.3 Å². The molecule has 0 aliphatic rings. The number of nitrogens with one attached hydrogen (secondary N) is 1. The second-order valence-electron chi connectivity index (χ2n) is 7.15. The minimum Gasteiger partial charge on any atom is -0.312 e. The van der Waals surface area contributed by atoms with Crippen LogP contribution < -0.4 is 5.32 Å². The molecule has 2 rings (SSSR count). The predicted octanol–water partition coefficient (Wildman–Crippen LogP) is 5.47. The van der Waals surface area contributed by atoms with Crippen LogP contribution in [0.1, 0.15) is 43.0 Å². The minimum atomic E-state index is -4.66. The van der Waals surface area contributed by atoms with Crippen molar-refractivity contribution in [2.75, 3.05) is 6.54 Å². The Morgan fingerprint density at radius 3 is 2.12 bits per heavy atom. The van der Waals surface area contributed by atoms with Gasteiger partial charge in [0.2, 0.25) is 0 Å². The summed E-state index contributed by atoms with van der Waals surface area (Å²) in [6.45, 7) is 7.42. The van der Waals surface area contributed by atoms with Crippen molar-refractivity contribution in [3.8, 4) is 0 Å². The Morgan fingerprint density at radius 1 is 0.920 bits per heavy atom. The summed E-state index contributed by atoms with van der Waals surface area (Å²) in [5, 5.41) is 3.15. The third-order valence-electron chi connectivity index (χ3n) is 4.10. The van der Waals surface area contributed by atoms with Gasteiger partial charge in [-0.05, 0) is 41.1 Å². The summed E-state index contributed by atoms with van der Waals surface area (Å²) in [4.78, 5) is 0. The zero-order chi connectivity index (χ0) is 18.7. The van der Waals surface area contributed by atoms with Crippen molar-refractivity contribution in [2.24, 2.45) is 0 Å². The van der Waals surface area contributed by atoms with Crippen LogP contribution in [0.3, 0.4) is 0 Å². The van der Waals surface area contributed by atoms with Gasteiger partial charge in [-0.2, -0.15) is 13.2 Å². The first-order valence-corrected chi connectivity index (χ1v) is 8.24. The van der Waals surface area contributed by atoms with Gasteiger partial charge in [0.25, 0.3) is 0 Å². The van der Waals surface area contributed by atoms with E-state index in [-0.39, 0.29) is 17.4 Å². The molecule has 0 aliphatic heterocycles. The average Bonchev–Trinajstić information content (AvgIpc) is 2.51. The molecule has 0 spiro atoms. The van der Waals surface area contributed by atoms with Crippen LogP contribution in [0.4, 0.5) is 17.6 Å². The smallest absolute Gasteiger partial charge is 0.312 e. The minimum absolute atomic E-state index is 0.0744. The Hall–Kier alpha value is -1.88. The Morgan fingerprint density at radius 2 is 1.56 bits per heavy atom. The summed E-state index contributed by atoms with van der Waals surface area (Å²) in [5.41, 5.74) is 1.28. The van der Waals surface area contributed by atoms with Crippen LogP contribution in [0.25, 0.3) is 0 Å². The largest absolute Gasteiger partial charge is 0.419 e. The Bertz CT molecular complexity index is 697. The lowest BCUT2D eigenvalue weighted by Crippen LogP contribution is -2.18. The van der Waals surface area contributed by atoms with Crippen molar-refractivity contribution in [1.29, 1.82) is 0 Å². The highest BCUT2D eigenvalue weighted by Gasteiger charge is 2.34. The van der Waals surface area contributed by atoms with Gasteiger partial charge in [-0.25, -0.2) is 4.39 Å². The van der Waals surface area contributed by atoms with E-state index in [1.165, 1.54) is 17.7 Å². The van der Waals surface area contributed by atoms with E-state index in [9.17, 15) is 17.6 Å². The van der Waals surface area contributed by atoms with Gasteiger partial charge in [-0.3, -0.25) is 0 Å². The number of alkyl halides is 3. The quantitative estimate of drug-likeness (QED) is 0.555. The van der Waals surface area contributed by atoms with Gasteiger partial charge in [0.15, 0.2) is 0 Å². The summed E-state index contributed by atoms with van der Waals surface area (Å²) >= 11 is 0. The Labute approximate surface area is 146 Å². The maximum Gasteiger partial charge on any atom is 0.419 e. The molecule has 0 saturated heterocycles. The molecule has 0 unspecified atom stereocenters. The third kappa shape index (κ3) is 5.30. The van der Waals surface area contributed by atoms with Crippen LogP contribution in [0.15, 0.2) is 42.5 Å². The summed E-state index contributed by atoms with van der Waals surface area (Å²) in [6, 6.07) is 11.6. The van der Waals surface area contributed by atoms with Gasteiger partial charge in [-0.1, -0.05) is 57.2 Å². The van der Waals surface area contributed by atoms with Gasteiger partial charge < -0.3 is 5.32 Å². The molecule has 0 radical (unpaired) electrons. The molecule has 0 fully saturated rings. The molecule has 25 heavy (non-hydrogen) atoms. The Balaban J connectivity index is 1.90. The van der Waals surface area contributed by atoms with E-state index in [2.05, 4.69) is 38.2 Å². The van der Waals surface area contributed by atoms with Crippen LogP contribution in [0, 0.1) is 5.82 Å².